The summed E-state index contributed by atoms with van der Waals surface area (Å²) in [5.41, 5.74) is -2.10. The molecule has 0 rings (SSSR count). The van der Waals surface area contributed by atoms with Gasteiger partial charge in [0.2, 0.25) is 0 Å². The van der Waals surface area contributed by atoms with Crippen molar-refractivity contribution in [3.8, 4) is 0 Å². The Bertz CT molecular complexity index is 175. The molecule has 1 atom stereocenters. The fraction of sp³-hybridized carbons (Fsp3) is 0.833. The summed E-state index contributed by atoms with van der Waals surface area (Å²) in [6.45, 7) is 7.08. The van der Waals surface area contributed by atoms with Gasteiger partial charge in [0.15, 0.2) is 0 Å². The van der Waals surface area contributed by atoms with Gasteiger partial charge >= 0.3 is 0 Å². The van der Waals surface area contributed by atoms with Crippen molar-refractivity contribution in [2.75, 3.05) is 0 Å². The third-order valence-electron chi connectivity index (χ3n) is 2.72. The van der Waals surface area contributed by atoms with Crippen molar-refractivity contribution >= 4 is 0 Å². The van der Waals surface area contributed by atoms with E-state index in [1.807, 2.05) is 6.08 Å². The van der Waals surface area contributed by atoms with E-state index >= 15 is 0 Å². The van der Waals surface area contributed by atoms with Crippen LogP contribution in [0.4, 0.5) is 0 Å². The van der Waals surface area contributed by atoms with Crippen LogP contribution in [0, 0.1) is 0 Å². The molecule has 84 valence electrons. The van der Waals surface area contributed by atoms with E-state index in [0.29, 0.717) is 6.42 Å². The average molecular weight is 200 g/mol. The summed E-state index contributed by atoms with van der Waals surface area (Å²) in [4.78, 5) is 0. The van der Waals surface area contributed by atoms with E-state index in [2.05, 4.69) is 13.0 Å². The first-order valence-corrected chi connectivity index (χ1v) is 5.41. The Morgan fingerprint density at radius 1 is 1.07 bits per heavy atom. The standard InChI is InChI=1S/C12H24O2/c1-5-6-7-8-9-10-12(4,14)11(2,3)13/h8-9,13-14H,5-7,10H2,1-4H3. The summed E-state index contributed by atoms with van der Waals surface area (Å²) < 4.78 is 0. The molecule has 14 heavy (non-hydrogen) atoms. The van der Waals surface area contributed by atoms with Crippen LogP contribution in [0.3, 0.4) is 0 Å². The average Bonchev–Trinajstić information content (AvgIpc) is 2.02. The molecule has 2 heteroatoms. The summed E-state index contributed by atoms with van der Waals surface area (Å²) in [5.74, 6) is 0. The zero-order chi connectivity index (χ0) is 11.2. The van der Waals surface area contributed by atoms with E-state index in [-0.39, 0.29) is 0 Å². The number of hydrogen-bond donors (Lipinski definition) is 2. The Morgan fingerprint density at radius 2 is 1.64 bits per heavy atom. The summed E-state index contributed by atoms with van der Waals surface area (Å²) >= 11 is 0. The van der Waals surface area contributed by atoms with Gasteiger partial charge in [0.25, 0.3) is 0 Å². The second kappa shape index (κ2) is 5.52. The van der Waals surface area contributed by atoms with Crippen molar-refractivity contribution in [1.29, 1.82) is 0 Å². The summed E-state index contributed by atoms with van der Waals surface area (Å²) in [6, 6.07) is 0. The molecule has 0 radical (unpaired) electrons. The number of rotatable bonds is 6. The smallest absolute Gasteiger partial charge is 0.0934 e. The maximum absolute atomic E-state index is 9.91. The molecular formula is C12H24O2. The fourth-order valence-electron chi connectivity index (χ4n) is 1.00. The van der Waals surface area contributed by atoms with Crippen molar-refractivity contribution < 1.29 is 10.2 Å². The molecule has 0 saturated heterocycles. The first kappa shape index (κ1) is 13.7. The second-order valence-electron chi connectivity index (χ2n) is 4.65. The van der Waals surface area contributed by atoms with E-state index in [1.165, 1.54) is 12.8 Å². The minimum atomic E-state index is -1.05. The zero-order valence-electron chi connectivity index (χ0n) is 9.88. The first-order chi connectivity index (χ1) is 6.31. The molecule has 0 spiro atoms. The molecule has 1 unspecified atom stereocenters. The molecule has 2 N–H and O–H groups in total. The summed E-state index contributed by atoms with van der Waals surface area (Å²) in [5, 5.41) is 19.6. The maximum atomic E-state index is 9.91. The number of unbranched alkanes of at least 4 members (excludes halogenated alkanes) is 2. The van der Waals surface area contributed by atoms with Gasteiger partial charge in [-0.3, -0.25) is 0 Å². The lowest BCUT2D eigenvalue weighted by atomic mass is 9.85. The number of hydrogen-bond acceptors (Lipinski definition) is 2. The van der Waals surface area contributed by atoms with Gasteiger partial charge in [0.05, 0.1) is 11.2 Å². The summed E-state index contributed by atoms with van der Waals surface area (Å²) in [6.07, 6.45) is 7.95. The van der Waals surface area contributed by atoms with Gasteiger partial charge in [-0.2, -0.15) is 0 Å². The van der Waals surface area contributed by atoms with Crippen molar-refractivity contribution in [3.63, 3.8) is 0 Å². The number of allylic oxidation sites excluding steroid dienone is 1. The molecule has 0 aromatic heterocycles. The Kier molecular flexibility index (Phi) is 5.38. The van der Waals surface area contributed by atoms with Crippen molar-refractivity contribution in [2.45, 2.75) is 64.6 Å². The molecule has 0 saturated carbocycles. The highest BCUT2D eigenvalue weighted by molar-refractivity contribution is 4.97. The monoisotopic (exact) mass is 200 g/mol. The molecule has 2 nitrogen and oxygen atoms in total. The molecule has 0 aromatic rings. The highest BCUT2D eigenvalue weighted by Gasteiger charge is 2.36. The fourth-order valence-corrected chi connectivity index (χ4v) is 1.00. The molecule has 0 amide bonds. The molecule has 0 aliphatic heterocycles. The minimum Gasteiger partial charge on any atom is -0.387 e. The van der Waals surface area contributed by atoms with Crippen molar-refractivity contribution in [2.24, 2.45) is 0 Å². The SMILES string of the molecule is CCCCC=CCC(C)(O)C(C)(C)O. The van der Waals surface area contributed by atoms with Crippen LogP contribution in [0.15, 0.2) is 12.2 Å². The van der Waals surface area contributed by atoms with Crippen LogP contribution >= 0.6 is 0 Å². The third kappa shape index (κ3) is 4.77. The molecule has 0 bridgehead atoms. The topological polar surface area (TPSA) is 40.5 Å². The molecular weight excluding hydrogens is 176 g/mol. The lowest BCUT2D eigenvalue weighted by Crippen LogP contribution is -2.47. The van der Waals surface area contributed by atoms with Crippen LogP contribution < -0.4 is 0 Å². The van der Waals surface area contributed by atoms with Crippen LogP contribution in [0.1, 0.15) is 53.4 Å². The van der Waals surface area contributed by atoms with Crippen LogP contribution in [0.5, 0.6) is 0 Å². The lowest BCUT2D eigenvalue weighted by molar-refractivity contribution is -0.117. The highest BCUT2D eigenvalue weighted by Crippen LogP contribution is 2.25. The van der Waals surface area contributed by atoms with Gasteiger partial charge < -0.3 is 10.2 Å². The van der Waals surface area contributed by atoms with Crippen LogP contribution in [-0.4, -0.2) is 21.4 Å². The van der Waals surface area contributed by atoms with Gasteiger partial charge in [-0.05, 0) is 33.6 Å². The second-order valence-corrected chi connectivity index (χ2v) is 4.65. The molecule has 0 aliphatic rings. The van der Waals surface area contributed by atoms with Crippen molar-refractivity contribution in [3.05, 3.63) is 12.2 Å². The maximum Gasteiger partial charge on any atom is 0.0934 e. The molecule has 0 aromatic carbocycles. The van der Waals surface area contributed by atoms with Gasteiger partial charge in [0, 0.05) is 0 Å². The molecule has 0 aliphatic carbocycles. The predicted molar refractivity (Wildman–Crippen MR) is 60.2 cm³/mol. The van der Waals surface area contributed by atoms with Gasteiger partial charge in [0.1, 0.15) is 0 Å². The van der Waals surface area contributed by atoms with Crippen molar-refractivity contribution in [1.82, 2.24) is 0 Å². The van der Waals surface area contributed by atoms with E-state index in [9.17, 15) is 10.2 Å². The summed E-state index contributed by atoms with van der Waals surface area (Å²) in [7, 11) is 0. The van der Waals surface area contributed by atoms with Gasteiger partial charge in [-0.15, -0.1) is 0 Å². The molecule has 0 heterocycles. The van der Waals surface area contributed by atoms with Crippen LogP contribution in [0.2, 0.25) is 0 Å². The normalized spacial score (nSPS) is 17.3. The van der Waals surface area contributed by atoms with E-state index in [0.717, 1.165) is 6.42 Å². The quantitative estimate of drug-likeness (QED) is 0.511. The van der Waals surface area contributed by atoms with E-state index in [4.69, 9.17) is 0 Å². The predicted octanol–water partition coefficient (Wildman–Crippen LogP) is 2.64. The van der Waals surface area contributed by atoms with E-state index in [1.54, 1.807) is 20.8 Å². The van der Waals surface area contributed by atoms with E-state index < -0.39 is 11.2 Å². The number of aliphatic hydroxyl groups is 2. The van der Waals surface area contributed by atoms with Crippen LogP contribution in [-0.2, 0) is 0 Å². The van der Waals surface area contributed by atoms with Gasteiger partial charge in [-0.1, -0.05) is 31.9 Å². The Balaban J connectivity index is 3.93. The highest BCUT2D eigenvalue weighted by atomic mass is 16.3. The van der Waals surface area contributed by atoms with Gasteiger partial charge in [-0.25, -0.2) is 0 Å². The minimum absolute atomic E-state index is 0.500. The Hall–Kier alpha value is -0.340. The molecule has 0 fully saturated rings. The third-order valence-corrected chi connectivity index (χ3v) is 2.72. The Labute approximate surface area is 87.7 Å². The lowest BCUT2D eigenvalue weighted by Gasteiger charge is -2.34. The van der Waals surface area contributed by atoms with Crippen LogP contribution in [0.25, 0.3) is 0 Å². The first-order valence-electron chi connectivity index (χ1n) is 5.41. The largest absolute Gasteiger partial charge is 0.387 e. The zero-order valence-corrected chi connectivity index (χ0v) is 9.88. The Morgan fingerprint density at radius 3 is 2.07 bits per heavy atom.